The molecular weight excluding hydrogens is 342 g/mol. The van der Waals surface area contributed by atoms with Crippen LogP contribution in [0, 0.1) is 0 Å². The Labute approximate surface area is 135 Å². The van der Waals surface area contributed by atoms with Crippen molar-refractivity contribution in [3.8, 4) is 0 Å². The smallest absolute Gasteiger partial charge is 0.236 e. The molecule has 0 bridgehead atoms. The van der Waals surface area contributed by atoms with Crippen molar-refractivity contribution < 1.29 is 9.59 Å². The van der Waals surface area contributed by atoms with Gasteiger partial charge in [-0.2, -0.15) is 0 Å². The van der Waals surface area contributed by atoms with Crippen LogP contribution >= 0.6 is 46.4 Å². The van der Waals surface area contributed by atoms with Gasteiger partial charge in [0.25, 0.3) is 0 Å². The third kappa shape index (κ3) is 2.84. The summed E-state index contributed by atoms with van der Waals surface area (Å²) in [5.74, 6) is -1.70. The second kappa shape index (κ2) is 6.15. The van der Waals surface area contributed by atoms with Gasteiger partial charge < -0.3 is 0 Å². The van der Waals surface area contributed by atoms with Gasteiger partial charge in [0.05, 0.1) is 31.2 Å². The molecule has 2 aromatic carbocycles. The molecule has 0 spiro atoms. The molecule has 0 heterocycles. The van der Waals surface area contributed by atoms with E-state index in [4.69, 9.17) is 46.4 Å². The predicted octanol–water partition coefficient (Wildman–Crippen LogP) is 5.37. The second-order valence-corrected chi connectivity index (χ2v) is 5.48. The topological polar surface area (TPSA) is 34.1 Å². The summed E-state index contributed by atoms with van der Waals surface area (Å²) in [7, 11) is 0. The van der Waals surface area contributed by atoms with Gasteiger partial charge in [-0.15, -0.1) is 0 Å². The van der Waals surface area contributed by atoms with Crippen LogP contribution in [0.5, 0.6) is 0 Å². The van der Waals surface area contributed by atoms with Crippen molar-refractivity contribution >= 4 is 58.0 Å². The number of rotatable bonds is 3. The van der Waals surface area contributed by atoms with Crippen LogP contribution in [-0.2, 0) is 0 Å². The first kappa shape index (κ1) is 15.3. The normalized spacial score (nSPS) is 10.4. The fourth-order valence-electron chi connectivity index (χ4n) is 1.66. The Balaban J connectivity index is 2.52. The van der Waals surface area contributed by atoms with E-state index in [1.54, 1.807) is 12.1 Å². The van der Waals surface area contributed by atoms with Crippen LogP contribution in [0.1, 0.15) is 20.7 Å². The van der Waals surface area contributed by atoms with Crippen LogP contribution in [0.25, 0.3) is 0 Å². The average molecular weight is 348 g/mol. The van der Waals surface area contributed by atoms with Gasteiger partial charge in [0, 0.05) is 0 Å². The molecule has 0 saturated carbocycles. The van der Waals surface area contributed by atoms with Gasteiger partial charge >= 0.3 is 0 Å². The van der Waals surface area contributed by atoms with Crippen molar-refractivity contribution in [1.29, 1.82) is 0 Å². The first-order valence-corrected chi connectivity index (χ1v) is 6.91. The van der Waals surface area contributed by atoms with Crippen molar-refractivity contribution in [1.82, 2.24) is 0 Å². The van der Waals surface area contributed by atoms with Crippen LogP contribution in [0.4, 0.5) is 0 Å². The van der Waals surface area contributed by atoms with Gasteiger partial charge in [-0.1, -0.05) is 58.5 Å². The van der Waals surface area contributed by atoms with E-state index >= 15 is 0 Å². The SMILES string of the molecule is O=C(C(=O)c1c(Cl)cccc1Cl)c1c(Cl)cccc1Cl. The van der Waals surface area contributed by atoms with Crippen molar-refractivity contribution in [2.24, 2.45) is 0 Å². The lowest BCUT2D eigenvalue weighted by Gasteiger charge is -2.07. The monoisotopic (exact) mass is 346 g/mol. The number of Topliss-reactive ketones (excluding diaryl/α,β-unsaturated/α-hetero) is 2. The Kier molecular flexibility index (Phi) is 4.71. The van der Waals surface area contributed by atoms with Gasteiger partial charge in [-0.3, -0.25) is 9.59 Å². The zero-order chi connectivity index (χ0) is 14.9. The van der Waals surface area contributed by atoms with Crippen LogP contribution in [-0.4, -0.2) is 11.6 Å². The van der Waals surface area contributed by atoms with Gasteiger partial charge in [-0.05, 0) is 24.3 Å². The zero-order valence-corrected chi connectivity index (χ0v) is 12.8. The van der Waals surface area contributed by atoms with Crippen LogP contribution < -0.4 is 0 Å². The highest BCUT2D eigenvalue weighted by Gasteiger charge is 2.26. The Hall–Kier alpha value is -1.06. The Morgan fingerprint density at radius 2 is 0.850 bits per heavy atom. The Bertz CT molecular complexity index is 608. The number of ketones is 2. The summed E-state index contributed by atoms with van der Waals surface area (Å²) in [5.41, 5.74) is -0.117. The summed E-state index contributed by atoms with van der Waals surface area (Å²) >= 11 is 23.6. The van der Waals surface area contributed by atoms with E-state index in [9.17, 15) is 9.59 Å². The molecule has 0 N–H and O–H groups in total. The second-order valence-electron chi connectivity index (χ2n) is 3.85. The van der Waals surface area contributed by atoms with E-state index in [2.05, 4.69) is 0 Å². The third-order valence-electron chi connectivity index (χ3n) is 2.59. The molecule has 2 nitrogen and oxygen atoms in total. The third-order valence-corrected chi connectivity index (χ3v) is 3.85. The molecule has 0 aliphatic rings. The molecule has 20 heavy (non-hydrogen) atoms. The summed E-state index contributed by atoms with van der Waals surface area (Å²) in [6.07, 6.45) is 0. The average Bonchev–Trinajstić information content (AvgIpc) is 2.37. The summed E-state index contributed by atoms with van der Waals surface area (Å²) in [4.78, 5) is 24.5. The van der Waals surface area contributed by atoms with E-state index in [1.807, 2.05) is 0 Å². The summed E-state index contributed by atoms with van der Waals surface area (Å²) in [6.45, 7) is 0. The first-order chi connectivity index (χ1) is 9.43. The van der Waals surface area contributed by atoms with Gasteiger partial charge in [-0.25, -0.2) is 0 Å². The van der Waals surface area contributed by atoms with Gasteiger partial charge in [0.2, 0.25) is 11.6 Å². The number of halogens is 4. The van der Waals surface area contributed by atoms with E-state index in [0.717, 1.165) is 0 Å². The van der Waals surface area contributed by atoms with Crippen LogP contribution in [0.2, 0.25) is 20.1 Å². The van der Waals surface area contributed by atoms with Crippen molar-refractivity contribution in [3.63, 3.8) is 0 Å². The summed E-state index contributed by atoms with van der Waals surface area (Å²) < 4.78 is 0. The van der Waals surface area contributed by atoms with Gasteiger partial charge in [0.1, 0.15) is 0 Å². The van der Waals surface area contributed by atoms with Crippen molar-refractivity contribution in [3.05, 3.63) is 67.6 Å². The van der Waals surface area contributed by atoms with E-state index in [-0.39, 0.29) is 31.2 Å². The highest BCUT2D eigenvalue weighted by atomic mass is 35.5. The lowest BCUT2D eigenvalue weighted by molar-refractivity contribution is 0.0817. The summed E-state index contributed by atoms with van der Waals surface area (Å²) in [6, 6.07) is 9.05. The fraction of sp³-hybridized carbons (Fsp3) is 0. The maximum Gasteiger partial charge on any atom is 0.236 e. The standard InChI is InChI=1S/C14H6Cl4O2/c15-7-3-1-4-8(16)11(7)13(19)14(20)12-9(17)5-2-6-10(12)18/h1-6H. The van der Waals surface area contributed by atoms with E-state index < -0.39 is 11.6 Å². The Morgan fingerprint density at radius 3 is 1.10 bits per heavy atom. The van der Waals surface area contributed by atoms with Crippen molar-refractivity contribution in [2.75, 3.05) is 0 Å². The maximum atomic E-state index is 12.3. The molecule has 0 amide bonds. The highest BCUT2D eigenvalue weighted by Crippen LogP contribution is 2.29. The molecular formula is C14H6Cl4O2. The minimum Gasteiger partial charge on any atom is -0.285 e. The minimum atomic E-state index is -0.851. The molecule has 0 atom stereocenters. The minimum absolute atomic E-state index is 0.0585. The number of carbonyl (C=O) groups excluding carboxylic acids is 2. The number of hydrogen-bond acceptors (Lipinski definition) is 2. The molecule has 0 saturated heterocycles. The molecule has 0 fully saturated rings. The molecule has 102 valence electrons. The molecule has 0 aliphatic carbocycles. The quantitative estimate of drug-likeness (QED) is 0.552. The molecule has 0 aliphatic heterocycles. The van der Waals surface area contributed by atoms with Gasteiger partial charge in [0.15, 0.2) is 0 Å². The maximum absolute atomic E-state index is 12.3. The molecule has 0 aromatic heterocycles. The fourth-order valence-corrected chi connectivity index (χ4v) is 2.79. The van der Waals surface area contributed by atoms with E-state index in [1.165, 1.54) is 24.3 Å². The Morgan fingerprint density at radius 1 is 0.600 bits per heavy atom. The molecule has 0 unspecified atom stereocenters. The largest absolute Gasteiger partial charge is 0.285 e. The first-order valence-electron chi connectivity index (χ1n) is 5.40. The lowest BCUT2D eigenvalue weighted by Crippen LogP contribution is -2.16. The number of carbonyl (C=O) groups is 2. The van der Waals surface area contributed by atoms with Crippen molar-refractivity contribution in [2.45, 2.75) is 0 Å². The predicted molar refractivity (Wildman–Crippen MR) is 81.6 cm³/mol. The zero-order valence-electron chi connectivity index (χ0n) is 9.79. The van der Waals surface area contributed by atoms with Crippen LogP contribution in [0.3, 0.4) is 0 Å². The van der Waals surface area contributed by atoms with Crippen LogP contribution in [0.15, 0.2) is 36.4 Å². The summed E-state index contributed by atoms with van der Waals surface area (Å²) in [5, 5.41) is 0.385. The molecule has 2 rings (SSSR count). The lowest BCUT2D eigenvalue weighted by atomic mass is 10.0. The van der Waals surface area contributed by atoms with E-state index in [0.29, 0.717) is 0 Å². The highest BCUT2D eigenvalue weighted by molar-refractivity contribution is 6.58. The molecule has 6 heteroatoms. The number of benzene rings is 2. The molecule has 2 aromatic rings. The number of hydrogen-bond donors (Lipinski definition) is 0. The molecule has 0 radical (unpaired) electrons.